The van der Waals surface area contributed by atoms with Crippen molar-refractivity contribution in [2.75, 3.05) is 17.2 Å². The number of hydrogen-bond acceptors (Lipinski definition) is 4. The first-order valence-electron chi connectivity index (χ1n) is 9.14. The molecule has 3 rings (SSSR count). The van der Waals surface area contributed by atoms with E-state index < -0.39 is 5.91 Å². The molecule has 2 aromatic heterocycles. The maximum Gasteiger partial charge on any atom is 0.319 e. The number of rotatable bonds is 6. The van der Waals surface area contributed by atoms with Crippen molar-refractivity contribution in [3.63, 3.8) is 0 Å². The van der Waals surface area contributed by atoms with Crippen LogP contribution in [0.3, 0.4) is 0 Å². The second-order valence-electron chi connectivity index (χ2n) is 6.49. The zero-order valence-corrected chi connectivity index (χ0v) is 17.3. The van der Waals surface area contributed by atoms with E-state index in [-0.39, 0.29) is 16.7 Å². The van der Waals surface area contributed by atoms with Crippen LogP contribution in [0.5, 0.6) is 0 Å². The number of aryl methyl sites for hydroxylation is 2. The largest absolute Gasteiger partial charge is 0.334 e. The molecule has 0 saturated heterocycles. The Morgan fingerprint density at radius 3 is 2.37 bits per heavy atom. The molecule has 9 heteroatoms. The summed E-state index contributed by atoms with van der Waals surface area (Å²) in [6.45, 7) is 7.69. The number of hydrogen-bond donors (Lipinski definition) is 3. The molecule has 0 radical (unpaired) electrons. The van der Waals surface area contributed by atoms with Crippen LogP contribution in [-0.2, 0) is 0 Å². The summed E-state index contributed by atoms with van der Waals surface area (Å²) >= 11 is 6.20. The van der Waals surface area contributed by atoms with Gasteiger partial charge in [0.1, 0.15) is 5.69 Å². The lowest BCUT2D eigenvalue weighted by Crippen LogP contribution is -2.28. The minimum Gasteiger partial charge on any atom is -0.334 e. The molecule has 1 aromatic carbocycles. The minimum absolute atomic E-state index is 0.0905. The van der Waals surface area contributed by atoms with E-state index in [1.54, 1.807) is 47.2 Å². The van der Waals surface area contributed by atoms with Gasteiger partial charge in [-0.15, -0.1) is 6.58 Å². The average molecular weight is 425 g/mol. The van der Waals surface area contributed by atoms with Crippen molar-refractivity contribution in [3.8, 4) is 5.82 Å². The molecule has 3 amide bonds. The second-order valence-corrected chi connectivity index (χ2v) is 6.90. The van der Waals surface area contributed by atoms with E-state index in [9.17, 15) is 9.59 Å². The van der Waals surface area contributed by atoms with Crippen LogP contribution < -0.4 is 16.0 Å². The van der Waals surface area contributed by atoms with Crippen molar-refractivity contribution >= 4 is 34.9 Å². The zero-order valence-electron chi connectivity index (χ0n) is 16.6. The zero-order chi connectivity index (χ0) is 21.7. The monoisotopic (exact) mass is 424 g/mol. The van der Waals surface area contributed by atoms with E-state index in [0.717, 1.165) is 11.4 Å². The van der Waals surface area contributed by atoms with Crippen LogP contribution in [0.1, 0.15) is 21.9 Å². The summed E-state index contributed by atoms with van der Waals surface area (Å²) < 4.78 is 1.65. The van der Waals surface area contributed by atoms with Gasteiger partial charge >= 0.3 is 6.03 Å². The van der Waals surface area contributed by atoms with Gasteiger partial charge in [-0.2, -0.15) is 5.10 Å². The number of aromatic nitrogens is 3. The summed E-state index contributed by atoms with van der Waals surface area (Å²) in [6.07, 6.45) is 1.58. The first-order valence-corrected chi connectivity index (χ1v) is 9.52. The van der Waals surface area contributed by atoms with Gasteiger partial charge in [0.2, 0.25) is 0 Å². The van der Waals surface area contributed by atoms with Crippen LogP contribution in [0.2, 0.25) is 5.02 Å². The van der Waals surface area contributed by atoms with Gasteiger partial charge < -0.3 is 16.0 Å². The molecule has 0 atom stereocenters. The number of nitrogens with one attached hydrogen (secondary N) is 3. The minimum atomic E-state index is -0.451. The van der Waals surface area contributed by atoms with Gasteiger partial charge in [-0.3, -0.25) is 4.79 Å². The molecule has 154 valence electrons. The predicted molar refractivity (Wildman–Crippen MR) is 117 cm³/mol. The van der Waals surface area contributed by atoms with Crippen LogP contribution in [0.25, 0.3) is 5.82 Å². The van der Waals surface area contributed by atoms with Gasteiger partial charge in [0.25, 0.3) is 5.91 Å². The van der Waals surface area contributed by atoms with Crippen LogP contribution >= 0.6 is 11.6 Å². The smallest absolute Gasteiger partial charge is 0.319 e. The first-order chi connectivity index (χ1) is 14.4. The molecule has 0 bridgehead atoms. The van der Waals surface area contributed by atoms with Crippen LogP contribution in [0.4, 0.5) is 16.2 Å². The lowest BCUT2D eigenvalue weighted by Gasteiger charge is -2.10. The molecule has 0 spiro atoms. The molecule has 0 saturated carbocycles. The SMILES string of the molecule is C=CCNC(=O)Nc1ccc(NC(=O)c2nc(-n3nc(C)cc3C)ccc2Cl)cc1. The van der Waals surface area contributed by atoms with Gasteiger partial charge in [-0.25, -0.2) is 14.5 Å². The van der Waals surface area contributed by atoms with Crippen LogP contribution in [-0.4, -0.2) is 33.2 Å². The number of pyridine rings is 1. The summed E-state index contributed by atoms with van der Waals surface area (Å²) in [4.78, 5) is 28.8. The van der Waals surface area contributed by atoms with Crippen molar-refractivity contribution in [2.45, 2.75) is 13.8 Å². The fourth-order valence-corrected chi connectivity index (χ4v) is 2.93. The molecule has 3 N–H and O–H groups in total. The number of carbonyl (C=O) groups excluding carboxylic acids is 2. The van der Waals surface area contributed by atoms with E-state index in [2.05, 4.69) is 32.6 Å². The topological polar surface area (TPSA) is 101 Å². The number of amides is 3. The molecule has 0 aliphatic heterocycles. The van der Waals surface area contributed by atoms with Crippen molar-refractivity contribution < 1.29 is 9.59 Å². The third-order valence-corrected chi connectivity index (χ3v) is 4.39. The van der Waals surface area contributed by atoms with E-state index in [0.29, 0.717) is 23.7 Å². The highest BCUT2D eigenvalue weighted by atomic mass is 35.5. The molecular weight excluding hydrogens is 404 g/mol. The molecule has 3 aromatic rings. The number of urea groups is 1. The van der Waals surface area contributed by atoms with Crippen molar-refractivity contribution in [1.29, 1.82) is 0 Å². The van der Waals surface area contributed by atoms with Crippen LogP contribution in [0, 0.1) is 13.8 Å². The Bertz CT molecular complexity index is 1090. The quantitative estimate of drug-likeness (QED) is 0.518. The van der Waals surface area contributed by atoms with E-state index in [1.807, 2.05) is 19.9 Å². The molecule has 8 nitrogen and oxygen atoms in total. The highest BCUT2D eigenvalue weighted by Gasteiger charge is 2.15. The summed E-state index contributed by atoms with van der Waals surface area (Å²) in [5.41, 5.74) is 2.95. The number of halogens is 1. The Kier molecular flexibility index (Phi) is 6.48. The Morgan fingerprint density at radius 2 is 1.77 bits per heavy atom. The van der Waals surface area contributed by atoms with Crippen molar-refractivity contribution in [3.05, 3.63) is 77.2 Å². The van der Waals surface area contributed by atoms with Gasteiger partial charge in [-0.1, -0.05) is 17.7 Å². The second kappa shape index (κ2) is 9.23. The Morgan fingerprint density at radius 1 is 1.10 bits per heavy atom. The fraction of sp³-hybridized carbons (Fsp3) is 0.143. The van der Waals surface area contributed by atoms with Crippen molar-refractivity contribution in [1.82, 2.24) is 20.1 Å². The summed E-state index contributed by atoms with van der Waals surface area (Å²) in [6, 6.07) is 11.6. The normalized spacial score (nSPS) is 10.4. The molecule has 2 heterocycles. The molecule has 0 unspecified atom stereocenters. The van der Waals surface area contributed by atoms with E-state index in [1.165, 1.54) is 0 Å². The third kappa shape index (κ3) is 5.03. The number of benzene rings is 1. The van der Waals surface area contributed by atoms with Crippen molar-refractivity contribution in [2.24, 2.45) is 0 Å². The molecule has 0 aliphatic rings. The highest BCUT2D eigenvalue weighted by molar-refractivity contribution is 6.34. The van der Waals surface area contributed by atoms with E-state index in [4.69, 9.17) is 11.6 Å². The maximum atomic E-state index is 12.7. The summed E-state index contributed by atoms with van der Waals surface area (Å²) in [5, 5.41) is 12.7. The van der Waals surface area contributed by atoms with Gasteiger partial charge in [-0.05, 0) is 56.3 Å². The molecule has 0 fully saturated rings. The average Bonchev–Trinajstić information content (AvgIpc) is 3.06. The predicted octanol–water partition coefficient (Wildman–Crippen LogP) is 4.10. The molecular formula is C21H21ClN6O2. The van der Waals surface area contributed by atoms with Gasteiger partial charge in [0.05, 0.1) is 10.7 Å². The number of anilines is 2. The summed E-state index contributed by atoms with van der Waals surface area (Å²) in [5.74, 6) is 0.0491. The Hall–Kier alpha value is -3.65. The van der Waals surface area contributed by atoms with Gasteiger partial charge in [0, 0.05) is 23.6 Å². The summed E-state index contributed by atoms with van der Waals surface area (Å²) in [7, 11) is 0. The molecule has 0 aliphatic carbocycles. The lowest BCUT2D eigenvalue weighted by molar-refractivity contribution is 0.102. The number of carbonyl (C=O) groups is 2. The first kappa shape index (κ1) is 21.1. The molecule has 30 heavy (non-hydrogen) atoms. The Balaban J connectivity index is 1.73. The van der Waals surface area contributed by atoms with E-state index >= 15 is 0 Å². The third-order valence-electron chi connectivity index (χ3n) is 4.08. The number of nitrogens with zero attached hydrogens (tertiary/aromatic N) is 3. The Labute approximate surface area is 179 Å². The lowest BCUT2D eigenvalue weighted by atomic mass is 10.2. The fourth-order valence-electron chi connectivity index (χ4n) is 2.74. The maximum absolute atomic E-state index is 12.7. The standard InChI is InChI=1S/C21H21ClN6O2/c1-4-11-23-21(30)25-16-7-5-15(6-8-16)24-20(29)19-17(22)9-10-18(26-19)28-14(3)12-13(2)27-28/h4-10,12H,1,11H2,2-3H3,(H,24,29)(H2,23,25,30). The van der Waals surface area contributed by atoms with Crippen LogP contribution in [0.15, 0.2) is 55.1 Å². The highest BCUT2D eigenvalue weighted by Crippen LogP contribution is 2.20. The van der Waals surface area contributed by atoms with Gasteiger partial charge in [0.15, 0.2) is 5.82 Å².